The smallest absolute Gasteiger partial charge is 0.211 e. The quantitative estimate of drug-likeness (QED) is 0.479. The molecule has 0 atom stereocenters. The fourth-order valence-corrected chi connectivity index (χ4v) is 0.435. The molecule has 0 aliphatic carbocycles. The van der Waals surface area contributed by atoms with Crippen molar-refractivity contribution in [3.63, 3.8) is 0 Å². The Labute approximate surface area is 66.2 Å². The molecule has 9 heteroatoms. The lowest BCUT2D eigenvalue weighted by atomic mass is 10.7. The van der Waals surface area contributed by atoms with Crippen molar-refractivity contribution in [1.29, 1.82) is 0 Å². The molecule has 78 valence electrons. The van der Waals surface area contributed by atoms with Gasteiger partial charge in [-0.3, -0.25) is 0 Å². The van der Waals surface area contributed by atoms with Crippen LogP contribution in [0.2, 0.25) is 0 Å². The van der Waals surface area contributed by atoms with Gasteiger partial charge in [0.25, 0.3) is 0 Å². The first-order valence-corrected chi connectivity index (χ1v) is 2.50. The maximum Gasteiger partial charge on any atom is 0.493 e. The SMILES string of the molecule is F/C=C(\F)N(C(F)(F)F)C(F)(F)F. The molecule has 1 nitrogen and oxygen atoms in total. The molecule has 0 spiro atoms. The fraction of sp³-hybridized carbons (Fsp3) is 0.500. The summed E-state index contributed by atoms with van der Waals surface area (Å²) >= 11 is 0. The van der Waals surface area contributed by atoms with Gasteiger partial charge in [0.15, 0.2) is 0 Å². The van der Waals surface area contributed by atoms with E-state index < -0.39 is 29.8 Å². The molecular weight excluding hydrogens is 214 g/mol. The standard InChI is InChI=1S/C4HF8N/c5-1-2(6)13(3(7,8)9)4(10,11)12/h1H/b2-1+. The highest BCUT2D eigenvalue weighted by Gasteiger charge is 2.55. The van der Waals surface area contributed by atoms with Crippen molar-refractivity contribution in [1.82, 2.24) is 4.90 Å². The highest BCUT2D eigenvalue weighted by Crippen LogP contribution is 2.37. The zero-order chi connectivity index (χ0) is 10.9. The minimum Gasteiger partial charge on any atom is -0.211 e. The Hall–Kier alpha value is -1.02. The van der Waals surface area contributed by atoms with Crippen LogP contribution in [0.3, 0.4) is 0 Å². The average molecular weight is 215 g/mol. The van der Waals surface area contributed by atoms with E-state index in [4.69, 9.17) is 0 Å². The molecule has 0 radical (unpaired) electrons. The van der Waals surface area contributed by atoms with E-state index in [0.717, 1.165) is 0 Å². The summed E-state index contributed by atoms with van der Waals surface area (Å²) in [5.74, 6) is -3.07. The first-order chi connectivity index (χ1) is 5.60. The van der Waals surface area contributed by atoms with E-state index in [2.05, 4.69) is 0 Å². The molecule has 0 aliphatic heterocycles. The number of nitrogens with zero attached hydrogens (tertiary/aromatic N) is 1. The highest BCUT2D eigenvalue weighted by molar-refractivity contribution is 4.88. The van der Waals surface area contributed by atoms with Crippen molar-refractivity contribution < 1.29 is 35.1 Å². The number of hydrogen-bond donors (Lipinski definition) is 0. The summed E-state index contributed by atoms with van der Waals surface area (Å²) in [5.41, 5.74) is 0. The summed E-state index contributed by atoms with van der Waals surface area (Å²) in [5, 5.41) is 0. The number of rotatable bonds is 1. The van der Waals surface area contributed by atoms with E-state index in [1.807, 2.05) is 0 Å². The lowest BCUT2D eigenvalue weighted by Gasteiger charge is -2.25. The van der Waals surface area contributed by atoms with Crippen molar-refractivity contribution in [3.8, 4) is 0 Å². The van der Waals surface area contributed by atoms with Gasteiger partial charge in [0.1, 0.15) is 6.33 Å². The van der Waals surface area contributed by atoms with Crippen LogP contribution in [0, 0.1) is 0 Å². The van der Waals surface area contributed by atoms with Crippen molar-refractivity contribution in [2.45, 2.75) is 12.6 Å². The zero-order valence-corrected chi connectivity index (χ0v) is 5.55. The molecule has 0 bridgehead atoms. The predicted octanol–water partition coefficient (Wildman–Crippen LogP) is 3.07. The molecule has 0 aromatic heterocycles. The second-order valence-electron chi connectivity index (χ2n) is 1.70. The van der Waals surface area contributed by atoms with Crippen molar-refractivity contribution in [2.75, 3.05) is 0 Å². The molecule has 0 heterocycles. The van der Waals surface area contributed by atoms with Gasteiger partial charge in [-0.15, -0.1) is 26.3 Å². The van der Waals surface area contributed by atoms with Crippen LogP contribution in [0.4, 0.5) is 35.1 Å². The third-order valence-electron chi connectivity index (χ3n) is 0.811. The van der Waals surface area contributed by atoms with Crippen molar-refractivity contribution in [3.05, 3.63) is 12.3 Å². The predicted molar refractivity (Wildman–Crippen MR) is 24.2 cm³/mol. The number of alkyl halides is 6. The Balaban J connectivity index is 5.01. The molecule has 0 rings (SSSR count). The second kappa shape index (κ2) is 3.38. The largest absolute Gasteiger partial charge is 0.493 e. The van der Waals surface area contributed by atoms with Gasteiger partial charge in [-0.25, -0.2) is 4.39 Å². The third-order valence-corrected chi connectivity index (χ3v) is 0.811. The van der Waals surface area contributed by atoms with Crippen molar-refractivity contribution in [2.24, 2.45) is 0 Å². The van der Waals surface area contributed by atoms with E-state index in [1.54, 1.807) is 0 Å². The maximum absolute atomic E-state index is 11.8. The summed E-state index contributed by atoms with van der Waals surface area (Å²) in [7, 11) is 0. The number of hydrogen-bond acceptors (Lipinski definition) is 1. The molecule has 13 heavy (non-hydrogen) atoms. The van der Waals surface area contributed by atoms with E-state index in [-0.39, 0.29) is 0 Å². The third kappa shape index (κ3) is 3.07. The van der Waals surface area contributed by atoms with Crippen LogP contribution in [0.5, 0.6) is 0 Å². The number of halogens is 8. The van der Waals surface area contributed by atoms with Crippen LogP contribution in [0.15, 0.2) is 12.3 Å². The van der Waals surface area contributed by atoms with Gasteiger partial charge in [-0.05, 0) is 0 Å². The van der Waals surface area contributed by atoms with E-state index >= 15 is 0 Å². The molecule has 0 saturated heterocycles. The monoisotopic (exact) mass is 215 g/mol. The summed E-state index contributed by atoms with van der Waals surface area (Å²) in [4.78, 5) is -2.58. The average Bonchev–Trinajstić information content (AvgIpc) is 1.80. The minimum absolute atomic E-state index is 1.43. The van der Waals surface area contributed by atoms with Gasteiger partial charge in [-0.1, -0.05) is 0 Å². The van der Waals surface area contributed by atoms with Gasteiger partial charge in [0, 0.05) is 0 Å². The summed E-state index contributed by atoms with van der Waals surface area (Å²) in [6.45, 7) is 0. The van der Waals surface area contributed by atoms with E-state index in [0.29, 0.717) is 0 Å². The normalized spacial score (nSPS) is 14.6. The lowest BCUT2D eigenvalue weighted by molar-refractivity contribution is -0.365. The minimum atomic E-state index is -6.05. The Morgan fingerprint density at radius 2 is 1.23 bits per heavy atom. The van der Waals surface area contributed by atoms with Gasteiger partial charge in [0.05, 0.1) is 0 Å². The summed E-state index contributed by atoms with van der Waals surface area (Å²) in [6.07, 6.45) is -13.5. The van der Waals surface area contributed by atoms with Crippen molar-refractivity contribution >= 4 is 0 Å². The second-order valence-corrected chi connectivity index (χ2v) is 1.70. The van der Waals surface area contributed by atoms with Crippen LogP contribution in [0.25, 0.3) is 0 Å². The van der Waals surface area contributed by atoms with Crippen LogP contribution in [-0.2, 0) is 0 Å². The van der Waals surface area contributed by atoms with Crippen LogP contribution < -0.4 is 0 Å². The van der Waals surface area contributed by atoms with Gasteiger partial charge in [0.2, 0.25) is 5.95 Å². The van der Waals surface area contributed by atoms with Crippen LogP contribution in [-0.4, -0.2) is 17.5 Å². The maximum atomic E-state index is 11.8. The molecule has 0 aromatic rings. The molecule has 0 unspecified atom stereocenters. The first-order valence-electron chi connectivity index (χ1n) is 2.50. The Bertz CT molecular complexity index is 185. The topological polar surface area (TPSA) is 3.24 Å². The molecule has 0 amide bonds. The lowest BCUT2D eigenvalue weighted by Crippen LogP contribution is -2.46. The Morgan fingerprint density at radius 3 is 1.31 bits per heavy atom. The van der Waals surface area contributed by atoms with E-state index in [1.165, 1.54) is 0 Å². The highest BCUT2D eigenvalue weighted by atomic mass is 19.4. The molecule has 0 N–H and O–H groups in total. The molecular formula is C4HF8N. The summed E-state index contributed by atoms with van der Waals surface area (Å²) in [6, 6.07) is 0. The summed E-state index contributed by atoms with van der Waals surface area (Å²) < 4.78 is 91.4. The Morgan fingerprint density at radius 1 is 0.923 bits per heavy atom. The van der Waals surface area contributed by atoms with Crippen LogP contribution in [0.1, 0.15) is 0 Å². The Kier molecular flexibility index (Phi) is 3.12. The first kappa shape index (κ1) is 12.0. The molecule has 0 fully saturated rings. The zero-order valence-electron chi connectivity index (χ0n) is 5.55. The van der Waals surface area contributed by atoms with Crippen LogP contribution >= 0.6 is 0 Å². The molecule has 0 saturated carbocycles. The van der Waals surface area contributed by atoms with Gasteiger partial charge < -0.3 is 0 Å². The van der Waals surface area contributed by atoms with Gasteiger partial charge in [-0.2, -0.15) is 9.29 Å². The molecule has 0 aromatic carbocycles. The van der Waals surface area contributed by atoms with Gasteiger partial charge >= 0.3 is 12.6 Å². The fourth-order valence-electron chi connectivity index (χ4n) is 0.435. The van der Waals surface area contributed by atoms with E-state index in [9.17, 15) is 35.1 Å². The molecule has 0 aliphatic rings.